The van der Waals surface area contributed by atoms with Crippen LogP contribution in [-0.4, -0.2) is 282 Å². The first-order valence-electron chi connectivity index (χ1n) is 25.6. The molecule has 0 aromatic rings. The van der Waals surface area contributed by atoms with Crippen molar-refractivity contribution < 1.29 is 112 Å². The third kappa shape index (κ3) is 28.1. The topological polar surface area (TPSA) is 508 Å². The van der Waals surface area contributed by atoms with Gasteiger partial charge in [-0.05, 0) is 12.2 Å². The van der Waals surface area contributed by atoms with Gasteiger partial charge in [-0.1, -0.05) is 5.92 Å². The Morgan fingerprint density at radius 3 is 1.35 bits per heavy atom. The van der Waals surface area contributed by atoms with Gasteiger partial charge >= 0.3 is 11.9 Å². The number of hydrogen-bond donors (Lipinski definition) is 16. The number of rotatable bonds is 43. The molecule has 0 radical (unpaired) electrons. The lowest BCUT2D eigenvalue weighted by molar-refractivity contribution is -0.159. The number of nitrogens with zero attached hydrogens (tertiary/aromatic N) is 1. The van der Waals surface area contributed by atoms with Gasteiger partial charge in [-0.2, -0.15) is 0 Å². The Bertz CT molecular complexity index is 2030. The third-order valence-electron chi connectivity index (χ3n) is 11.3. The number of aliphatic hydroxyl groups excluding tert-OH is 4. The van der Waals surface area contributed by atoms with E-state index < -0.39 is 146 Å². The van der Waals surface area contributed by atoms with Crippen LogP contribution in [0.2, 0.25) is 0 Å². The molecule has 82 heavy (non-hydrogen) atoms. The molecule has 34 nitrogen and oxygen atoms in total. The van der Waals surface area contributed by atoms with Crippen LogP contribution in [0, 0.1) is 23.2 Å². The van der Waals surface area contributed by atoms with Gasteiger partial charge in [0.25, 0.3) is 0 Å². The first kappa shape index (κ1) is 71.1. The number of ether oxygens (including phenoxy) is 10. The van der Waals surface area contributed by atoms with E-state index in [2.05, 4.69) is 37.8 Å². The predicted octanol–water partition coefficient (Wildman–Crippen LogP) is -7.91. The first-order valence-corrected chi connectivity index (χ1v) is 25.6. The van der Waals surface area contributed by atoms with Crippen LogP contribution in [0.3, 0.4) is 0 Å². The number of nitrogens with two attached hydrogens (primary N) is 2. The van der Waals surface area contributed by atoms with Crippen molar-refractivity contribution in [1.29, 1.82) is 10.8 Å². The molecule has 2 aliphatic heterocycles. The van der Waals surface area contributed by atoms with Crippen LogP contribution in [0.4, 0.5) is 0 Å². The average Bonchev–Trinajstić information content (AvgIpc) is 3.62. The van der Waals surface area contributed by atoms with E-state index >= 15 is 0 Å². The molecule has 0 bridgehead atoms. The Balaban J connectivity index is 1.98. The molecule has 18 N–H and O–H groups in total. The molecular weight excluding hydrogens is 1100 g/mol. The maximum atomic E-state index is 13.4. The summed E-state index contributed by atoms with van der Waals surface area (Å²) in [7, 11) is 0. The number of hydrogen-bond acceptors (Lipinski definition) is 23. The zero-order chi connectivity index (χ0) is 61.0. The van der Waals surface area contributed by atoms with Gasteiger partial charge < -0.3 is 126 Å². The maximum Gasteiger partial charge on any atom is 0.370 e. The van der Waals surface area contributed by atoms with Crippen molar-refractivity contribution in [1.82, 2.24) is 36.8 Å². The summed E-state index contributed by atoms with van der Waals surface area (Å²) in [6, 6.07) is -4.76. The van der Waals surface area contributed by atoms with Gasteiger partial charge in [-0.25, -0.2) is 9.59 Å². The molecule has 0 saturated carbocycles. The van der Waals surface area contributed by atoms with Crippen molar-refractivity contribution in [3.8, 4) is 12.3 Å². The van der Waals surface area contributed by atoms with E-state index in [4.69, 9.17) is 76.1 Å². The smallest absolute Gasteiger partial charge is 0.370 e. The second-order valence-corrected chi connectivity index (χ2v) is 17.7. The fourth-order valence-electron chi connectivity index (χ4n) is 7.73. The largest absolute Gasteiger partial charge is 0.478 e. The minimum atomic E-state index is -1.76. The number of terminal acetylenes is 1. The van der Waals surface area contributed by atoms with Gasteiger partial charge in [0.1, 0.15) is 44.2 Å². The summed E-state index contributed by atoms with van der Waals surface area (Å²) in [6.07, 6.45) is -2.61. The molecule has 0 spiro atoms. The fraction of sp³-hybridized carbons (Fsp3) is 0.688. The Kier molecular flexibility index (Phi) is 34.9. The van der Waals surface area contributed by atoms with Crippen molar-refractivity contribution >= 4 is 53.4 Å². The molecule has 0 aromatic heterocycles. The van der Waals surface area contributed by atoms with Gasteiger partial charge in [-0.15, -0.1) is 6.42 Å². The summed E-state index contributed by atoms with van der Waals surface area (Å²) in [6.45, 7) is 0.701. The van der Waals surface area contributed by atoms with Crippen LogP contribution >= 0.6 is 0 Å². The number of carbonyl (C=O) groups excluding carboxylic acids is 5. The Morgan fingerprint density at radius 1 is 0.622 bits per heavy atom. The summed E-state index contributed by atoms with van der Waals surface area (Å²) in [5, 5.41) is 90.8. The quantitative estimate of drug-likeness (QED) is 0.0117. The Labute approximate surface area is 472 Å². The normalized spacial score (nSPS) is 19.8. The summed E-state index contributed by atoms with van der Waals surface area (Å²) in [5.74, 6) is -6.28. The standard InChI is InChI=1S/C48H79N11O23/c1-4-10-73-16-18-77-20-21-78-19-17-74-11-5-38(68)59(8-14-75-12-6-53-36(66)26-79-41(32(64)24-60)43-39(55-28(2)62)30(57-47(49)50)22-34(81-43)45(69)70)9-15-76-13-7-54-37(67)27-80-42(33(65)25-61)44-40(56-29(3)63)31(58-48(51)52)23-35(82-44)46(71)72/h1,22-23,30-33,39-44,60-61,64-65H,5-21,24-27H2,2-3H3,(H,53,66)(H,54,67)(H,55,62)(H,56,63)(H,69,70)(H,71,72)(H4,49,50,57)(H4,51,52,58)/t30-,31-,32+,33+,39+,40+,41+,42+,43+,44+/m0/s1. The minimum absolute atomic E-state index is 0.0184. The Morgan fingerprint density at radius 2 is 1.00 bits per heavy atom. The number of guanidine groups is 2. The second kappa shape index (κ2) is 40.2. The van der Waals surface area contributed by atoms with Crippen LogP contribution in [-0.2, 0) is 80.9 Å². The van der Waals surface area contributed by atoms with E-state index in [1.807, 2.05) is 0 Å². The summed E-state index contributed by atoms with van der Waals surface area (Å²) in [4.78, 5) is 88.6. The number of nitrogens with one attached hydrogen (secondary N) is 8. The van der Waals surface area contributed by atoms with E-state index in [9.17, 15) is 64.2 Å². The van der Waals surface area contributed by atoms with Crippen LogP contribution in [0.1, 0.15) is 20.3 Å². The zero-order valence-corrected chi connectivity index (χ0v) is 45.6. The molecule has 0 aliphatic carbocycles. The molecule has 5 amide bonds. The zero-order valence-electron chi connectivity index (χ0n) is 45.6. The fourth-order valence-corrected chi connectivity index (χ4v) is 7.73. The van der Waals surface area contributed by atoms with Gasteiger partial charge in [0.2, 0.25) is 41.1 Å². The molecule has 10 atom stereocenters. The molecule has 34 heteroatoms. The molecule has 0 aromatic carbocycles. The lowest BCUT2D eigenvalue weighted by atomic mass is 9.91. The predicted molar refractivity (Wildman–Crippen MR) is 281 cm³/mol. The lowest BCUT2D eigenvalue weighted by Crippen LogP contribution is -2.64. The monoisotopic (exact) mass is 1180 g/mol. The van der Waals surface area contributed by atoms with Crippen molar-refractivity contribution in [2.45, 2.75) is 81.1 Å². The average molecular weight is 1180 g/mol. The SMILES string of the molecule is C#CCOCCOCCOCCOCCC(=O)N(CCOCCNC(=O)CO[C@@H]([C@@H]1OC(C(=O)O)=C[C@H](NC(=N)N)[C@H]1NC(C)=O)[C@H](O)CO)CCOCCNC(=O)CO[C@@H]([C@@H]1OC(C(=O)O)=C[C@H](NC(=N)N)[C@H]1NC(C)=O)[C@H](O)CO. The minimum Gasteiger partial charge on any atom is -0.478 e. The second-order valence-electron chi connectivity index (χ2n) is 17.7. The molecule has 2 aliphatic rings. The van der Waals surface area contributed by atoms with Gasteiger partial charge in [0.15, 0.2) is 24.1 Å². The van der Waals surface area contributed by atoms with Gasteiger partial charge in [-0.3, -0.25) is 34.8 Å². The summed E-state index contributed by atoms with van der Waals surface area (Å²) < 4.78 is 55.2. The number of amides is 5. The summed E-state index contributed by atoms with van der Waals surface area (Å²) in [5.41, 5.74) is 11.0. The van der Waals surface area contributed by atoms with Crippen LogP contribution < -0.4 is 43.4 Å². The maximum absolute atomic E-state index is 13.4. The highest BCUT2D eigenvalue weighted by molar-refractivity contribution is 5.86. The van der Waals surface area contributed by atoms with Crippen molar-refractivity contribution in [2.75, 3.05) is 132 Å². The van der Waals surface area contributed by atoms with Crippen LogP contribution in [0.5, 0.6) is 0 Å². The first-order chi connectivity index (χ1) is 39.1. The molecule has 2 heterocycles. The molecule has 0 unspecified atom stereocenters. The molecule has 464 valence electrons. The highest BCUT2D eigenvalue weighted by atomic mass is 16.6. The number of aliphatic hydroxyl groups is 4. The molecule has 2 rings (SSSR count). The highest BCUT2D eigenvalue weighted by Gasteiger charge is 2.47. The highest BCUT2D eigenvalue weighted by Crippen LogP contribution is 2.26. The molecule has 0 saturated heterocycles. The van der Waals surface area contributed by atoms with E-state index in [-0.39, 0.29) is 91.4 Å². The number of carboxylic acid groups (broad SMARTS) is 2. The lowest BCUT2D eigenvalue weighted by Gasteiger charge is -2.41. The molecule has 0 fully saturated rings. The summed E-state index contributed by atoms with van der Waals surface area (Å²) >= 11 is 0. The molecular formula is C48H79N11O23. The third-order valence-corrected chi connectivity index (χ3v) is 11.3. The van der Waals surface area contributed by atoms with E-state index in [0.29, 0.717) is 26.4 Å². The number of carbonyl (C=O) groups is 7. The van der Waals surface area contributed by atoms with Gasteiger partial charge in [0.05, 0.1) is 116 Å². The van der Waals surface area contributed by atoms with Crippen LogP contribution in [0.15, 0.2) is 23.7 Å². The van der Waals surface area contributed by atoms with Gasteiger partial charge in [0, 0.05) is 40.0 Å². The van der Waals surface area contributed by atoms with E-state index in [0.717, 1.165) is 26.0 Å². The van der Waals surface area contributed by atoms with Crippen molar-refractivity contribution in [3.63, 3.8) is 0 Å². The number of carboxylic acids is 2. The van der Waals surface area contributed by atoms with E-state index in [1.54, 1.807) is 0 Å². The van der Waals surface area contributed by atoms with E-state index in [1.165, 1.54) is 4.90 Å². The van der Waals surface area contributed by atoms with Crippen molar-refractivity contribution in [2.24, 2.45) is 11.5 Å². The van der Waals surface area contributed by atoms with Crippen molar-refractivity contribution in [3.05, 3.63) is 23.7 Å². The van der Waals surface area contributed by atoms with Crippen LogP contribution in [0.25, 0.3) is 0 Å². The Hall–Kier alpha value is -7.01. The number of aliphatic carboxylic acids is 2.